The number of hydrogen-bond acceptors (Lipinski definition) is 2. The largest absolute Gasteiger partial charge is 0.449 e. The van der Waals surface area contributed by atoms with E-state index in [0.29, 0.717) is 11.0 Å². The Labute approximate surface area is 96.3 Å². The number of alkyl halides is 3. The summed E-state index contributed by atoms with van der Waals surface area (Å²) in [5.74, 6) is -0.844. The molecule has 0 saturated heterocycles. The Morgan fingerprint density at radius 2 is 2.06 bits per heavy atom. The Morgan fingerprint density at radius 1 is 1.35 bits per heavy atom. The molecule has 0 saturated carbocycles. The molecule has 0 bridgehead atoms. The Morgan fingerprint density at radius 3 is 2.59 bits per heavy atom. The molecule has 0 unspecified atom stereocenters. The van der Waals surface area contributed by atoms with Crippen molar-refractivity contribution >= 4 is 16.7 Å². The zero-order chi connectivity index (χ0) is 12.6. The fraction of sp³-hybridized carbons (Fsp3) is 0.364. The van der Waals surface area contributed by atoms with Gasteiger partial charge in [-0.1, -0.05) is 0 Å². The molecule has 1 aromatic carbocycles. The van der Waals surface area contributed by atoms with Crippen LogP contribution in [-0.4, -0.2) is 16.6 Å². The summed E-state index contributed by atoms with van der Waals surface area (Å²) in [6.45, 7) is 1.91. The maximum Gasteiger partial charge on any atom is 0.449 e. The topological polar surface area (TPSA) is 29.9 Å². The van der Waals surface area contributed by atoms with Crippen molar-refractivity contribution in [1.29, 1.82) is 0 Å². The summed E-state index contributed by atoms with van der Waals surface area (Å²) in [7, 11) is 1.71. The summed E-state index contributed by atoms with van der Waals surface area (Å²) < 4.78 is 39.4. The maximum absolute atomic E-state index is 12.8. The van der Waals surface area contributed by atoms with Crippen LogP contribution < -0.4 is 5.32 Å². The molecule has 0 aliphatic rings. The van der Waals surface area contributed by atoms with Crippen LogP contribution in [0.2, 0.25) is 0 Å². The Bertz CT molecular complexity index is 543. The van der Waals surface area contributed by atoms with Crippen molar-refractivity contribution in [3.8, 4) is 0 Å². The first-order valence-corrected chi connectivity index (χ1v) is 5.22. The van der Waals surface area contributed by atoms with Gasteiger partial charge < -0.3 is 9.88 Å². The van der Waals surface area contributed by atoms with E-state index in [1.54, 1.807) is 32.2 Å². The molecule has 92 valence electrons. The lowest BCUT2D eigenvalue weighted by Gasteiger charge is -2.08. The van der Waals surface area contributed by atoms with Crippen LogP contribution in [0.5, 0.6) is 0 Å². The number of nitrogens with zero attached hydrogens (tertiary/aromatic N) is 2. The molecule has 1 N–H and O–H groups in total. The second kappa shape index (κ2) is 3.94. The molecular formula is C11H12F3N3. The number of aromatic nitrogens is 2. The summed E-state index contributed by atoms with van der Waals surface area (Å²) >= 11 is 0. The van der Waals surface area contributed by atoms with Crippen molar-refractivity contribution in [2.75, 3.05) is 12.4 Å². The number of imidazole rings is 1. The van der Waals surface area contributed by atoms with E-state index in [2.05, 4.69) is 10.3 Å². The van der Waals surface area contributed by atoms with E-state index in [9.17, 15) is 13.2 Å². The average molecular weight is 243 g/mol. The van der Waals surface area contributed by atoms with Crippen LogP contribution in [0.15, 0.2) is 18.2 Å². The van der Waals surface area contributed by atoms with E-state index in [1.807, 2.05) is 0 Å². The highest BCUT2D eigenvalue weighted by molar-refractivity contribution is 5.80. The lowest BCUT2D eigenvalue weighted by molar-refractivity contribution is -0.146. The van der Waals surface area contributed by atoms with Crippen molar-refractivity contribution in [2.24, 2.45) is 0 Å². The zero-order valence-electron chi connectivity index (χ0n) is 9.47. The lowest BCUT2D eigenvalue weighted by atomic mass is 10.3. The molecule has 0 aliphatic heterocycles. The van der Waals surface area contributed by atoms with E-state index in [1.165, 1.54) is 4.57 Å². The maximum atomic E-state index is 12.8. The fourth-order valence-corrected chi connectivity index (χ4v) is 1.82. The van der Waals surface area contributed by atoms with Crippen molar-refractivity contribution in [2.45, 2.75) is 19.6 Å². The number of rotatable bonds is 2. The second-order valence-corrected chi connectivity index (χ2v) is 3.63. The number of anilines is 1. The van der Waals surface area contributed by atoms with Gasteiger partial charge in [0.1, 0.15) is 0 Å². The van der Waals surface area contributed by atoms with Gasteiger partial charge in [-0.3, -0.25) is 0 Å². The first kappa shape index (κ1) is 11.8. The van der Waals surface area contributed by atoms with E-state index in [-0.39, 0.29) is 6.54 Å². The highest BCUT2D eigenvalue weighted by Gasteiger charge is 2.37. The van der Waals surface area contributed by atoms with Gasteiger partial charge >= 0.3 is 6.18 Å². The number of halogens is 3. The standard InChI is InChI=1S/C11H12F3N3/c1-3-17-9-5-4-7(15-2)6-8(9)16-10(17)11(12,13)14/h4-6,15H,3H2,1-2H3. The smallest absolute Gasteiger partial charge is 0.388 e. The van der Waals surface area contributed by atoms with Crippen LogP contribution >= 0.6 is 0 Å². The third-order valence-electron chi connectivity index (χ3n) is 2.61. The van der Waals surface area contributed by atoms with Gasteiger partial charge in [0, 0.05) is 19.3 Å². The molecule has 0 radical (unpaired) electrons. The molecule has 0 fully saturated rings. The average Bonchev–Trinajstić information content (AvgIpc) is 2.65. The van der Waals surface area contributed by atoms with E-state index < -0.39 is 12.0 Å². The number of nitrogens with one attached hydrogen (secondary N) is 1. The number of fused-ring (bicyclic) bond motifs is 1. The SMILES string of the molecule is CCn1c(C(F)(F)F)nc2cc(NC)ccc21. The Hall–Kier alpha value is -1.72. The summed E-state index contributed by atoms with van der Waals surface area (Å²) in [6, 6.07) is 4.99. The molecule has 0 amide bonds. The van der Waals surface area contributed by atoms with Crippen molar-refractivity contribution in [3.63, 3.8) is 0 Å². The van der Waals surface area contributed by atoms with Gasteiger partial charge in [-0.2, -0.15) is 13.2 Å². The predicted octanol–water partition coefficient (Wildman–Crippen LogP) is 3.12. The lowest BCUT2D eigenvalue weighted by Crippen LogP contribution is -2.14. The summed E-state index contributed by atoms with van der Waals surface area (Å²) in [5.41, 5.74) is 1.59. The van der Waals surface area contributed by atoms with Gasteiger partial charge in [0.05, 0.1) is 11.0 Å². The summed E-state index contributed by atoms with van der Waals surface area (Å²) in [6.07, 6.45) is -4.42. The van der Waals surface area contributed by atoms with Crippen LogP contribution in [0.1, 0.15) is 12.7 Å². The number of benzene rings is 1. The van der Waals surface area contributed by atoms with Crippen molar-refractivity contribution in [3.05, 3.63) is 24.0 Å². The van der Waals surface area contributed by atoms with Crippen LogP contribution in [0.3, 0.4) is 0 Å². The molecule has 6 heteroatoms. The van der Waals surface area contributed by atoms with Crippen LogP contribution in [0.4, 0.5) is 18.9 Å². The normalized spacial score (nSPS) is 12.1. The van der Waals surface area contributed by atoms with E-state index in [4.69, 9.17) is 0 Å². The first-order valence-electron chi connectivity index (χ1n) is 5.22. The molecular weight excluding hydrogens is 231 g/mol. The van der Waals surface area contributed by atoms with Gasteiger partial charge in [-0.05, 0) is 25.1 Å². The number of hydrogen-bond donors (Lipinski definition) is 1. The van der Waals surface area contributed by atoms with E-state index in [0.717, 1.165) is 5.69 Å². The first-order chi connectivity index (χ1) is 7.97. The van der Waals surface area contributed by atoms with Gasteiger partial charge in [-0.15, -0.1) is 0 Å². The molecule has 1 aromatic heterocycles. The second-order valence-electron chi connectivity index (χ2n) is 3.63. The summed E-state index contributed by atoms with van der Waals surface area (Å²) in [5, 5.41) is 2.87. The third-order valence-corrected chi connectivity index (χ3v) is 2.61. The predicted molar refractivity (Wildman–Crippen MR) is 60.0 cm³/mol. The molecule has 17 heavy (non-hydrogen) atoms. The van der Waals surface area contributed by atoms with Crippen molar-refractivity contribution < 1.29 is 13.2 Å². The van der Waals surface area contributed by atoms with Crippen molar-refractivity contribution in [1.82, 2.24) is 9.55 Å². The molecule has 2 aromatic rings. The highest BCUT2D eigenvalue weighted by Crippen LogP contribution is 2.32. The minimum Gasteiger partial charge on any atom is -0.388 e. The molecule has 1 heterocycles. The van der Waals surface area contributed by atoms with Crippen LogP contribution in [0, 0.1) is 0 Å². The molecule has 3 nitrogen and oxygen atoms in total. The Kier molecular flexibility index (Phi) is 2.73. The van der Waals surface area contributed by atoms with Crippen LogP contribution in [0.25, 0.3) is 11.0 Å². The summed E-state index contributed by atoms with van der Waals surface area (Å²) in [4.78, 5) is 3.66. The quantitative estimate of drug-likeness (QED) is 0.878. The third kappa shape index (κ3) is 1.94. The molecule has 0 aliphatic carbocycles. The molecule has 2 rings (SSSR count). The van der Waals surface area contributed by atoms with Gasteiger partial charge in [0.15, 0.2) is 0 Å². The van der Waals surface area contributed by atoms with Gasteiger partial charge in [-0.25, -0.2) is 4.98 Å². The zero-order valence-corrected chi connectivity index (χ0v) is 9.47. The highest BCUT2D eigenvalue weighted by atomic mass is 19.4. The fourth-order valence-electron chi connectivity index (χ4n) is 1.82. The Balaban J connectivity index is 2.70. The molecule has 0 atom stereocenters. The van der Waals surface area contributed by atoms with Gasteiger partial charge in [0.25, 0.3) is 0 Å². The minimum absolute atomic E-state index is 0.240. The van der Waals surface area contributed by atoms with Crippen LogP contribution in [-0.2, 0) is 12.7 Å². The monoisotopic (exact) mass is 243 g/mol. The van der Waals surface area contributed by atoms with E-state index >= 15 is 0 Å². The van der Waals surface area contributed by atoms with Gasteiger partial charge in [0.2, 0.25) is 5.82 Å². The minimum atomic E-state index is -4.42. The molecule has 0 spiro atoms. The number of aryl methyl sites for hydroxylation is 1.